The van der Waals surface area contributed by atoms with Crippen molar-refractivity contribution in [2.45, 2.75) is 17.9 Å². The molecule has 7 nitrogen and oxygen atoms in total. The second-order valence-corrected chi connectivity index (χ2v) is 9.61. The molecular weight excluding hydrogens is 464 g/mol. The van der Waals surface area contributed by atoms with Crippen LogP contribution in [-0.2, 0) is 19.6 Å². The van der Waals surface area contributed by atoms with Crippen molar-refractivity contribution in [1.82, 2.24) is 0 Å². The Bertz CT molecular complexity index is 1250. The van der Waals surface area contributed by atoms with Gasteiger partial charge < -0.3 is 9.64 Å². The van der Waals surface area contributed by atoms with Gasteiger partial charge in [0.1, 0.15) is 0 Å². The molecule has 0 aromatic heterocycles. The standard InChI is InChI=1S/C24H23ClN2O5S/c1-17(23(28)26(2)18-10-6-4-7-11-18)32-24(29)21-16-20(14-15-22(21)25)33(30,31)27(3)19-12-8-5-9-13-19/h4-17H,1-3H3/t17-/m0/s1. The number of rotatable bonds is 7. The smallest absolute Gasteiger partial charge is 0.340 e. The number of carbonyl (C=O) groups excluding carboxylic acids is 2. The van der Waals surface area contributed by atoms with Crippen molar-refractivity contribution in [3.63, 3.8) is 0 Å². The van der Waals surface area contributed by atoms with Gasteiger partial charge in [0, 0.05) is 19.8 Å². The highest BCUT2D eigenvalue weighted by Gasteiger charge is 2.27. The molecule has 3 aromatic carbocycles. The summed E-state index contributed by atoms with van der Waals surface area (Å²) in [6.45, 7) is 1.44. The molecule has 0 saturated heterocycles. The fourth-order valence-electron chi connectivity index (χ4n) is 3.08. The highest BCUT2D eigenvalue weighted by Crippen LogP contribution is 2.26. The first-order valence-electron chi connectivity index (χ1n) is 10.00. The topological polar surface area (TPSA) is 84.0 Å². The van der Waals surface area contributed by atoms with E-state index in [1.165, 1.54) is 31.0 Å². The summed E-state index contributed by atoms with van der Waals surface area (Å²) in [5.74, 6) is -1.35. The molecule has 9 heteroatoms. The zero-order valence-electron chi connectivity index (χ0n) is 18.3. The molecule has 3 aromatic rings. The van der Waals surface area contributed by atoms with Crippen LogP contribution in [0.5, 0.6) is 0 Å². The molecule has 172 valence electrons. The number of ether oxygens (including phenoxy) is 1. The van der Waals surface area contributed by atoms with Gasteiger partial charge in [0.25, 0.3) is 15.9 Å². The zero-order chi connectivity index (χ0) is 24.2. The monoisotopic (exact) mass is 486 g/mol. The lowest BCUT2D eigenvalue weighted by atomic mass is 10.2. The van der Waals surface area contributed by atoms with E-state index >= 15 is 0 Å². The maximum atomic E-state index is 13.1. The number of benzene rings is 3. The van der Waals surface area contributed by atoms with Crippen molar-refractivity contribution in [1.29, 1.82) is 0 Å². The van der Waals surface area contributed by atoms with Gasteiger partial charge in [-0.2, -0.15) is 0 Å². The van der Waals surface area contributed by atoms with Crippen LogP contribution in [0, 0.1) is 0 Å². The van der Waals surface area contributed by atoms with E-state index in [1.54, 1.807) is 61.6 Å². The van der Waals surface area contributed by atoms with Gasteiger partial charge in [0.05, 0.1) is 21.2 Å². The highest BCUT2D eigenvalue weighted by atomic mass is 35.5. The number of carbonyl (C=O) groups is 2. The van der Waals surface area contributed by atoms with Gasteiger partial charge in [-0.25, -0.2) is 13.2 Å². The molecule has 0 aliphatic rings. The minimum absolute atomic E-state index is 0.0115. The Kier molecular flexibility index (Phi) is 7.40. The first-order chi connectivity index (χ1) is 15.6. The van der Waals surface area contributed by atoms with Gasteiger partial charge in [-0.3, -0.25) is 9.10 Å². The maximum absolute atomic E-state index is 13.1. The van der Waals surface area contributed by atoms with E-state index in [-0.39, 0.29) is 15.5 Å². The fraction of sp³-hybridized carbons (Fsp3) is 0.167. The Morgan fingerprint density at radius 2 is 1.42 bits per heavy atom. The third-order valence-electron chi connectivity index (χ3n) is 5.04. The minimum Gasteiger partial charge on any atom is -0.449 e. The molecular formula is C24H23ClN2O5S. The molecule has 0 spiro atoms. The van der Waals surface area contributed by atoms with Crippen LogP contribution in [0.3, 0.4) is 0 Å². The summed E-state index contributed by atoms with van der Waals surface area (Å²) in [6.07, 6.45) is -1.12. The second kappa shape index (κ2) is 10.1. The van der Waals surface area contributed by atoms with E-state index in [4.69, 9.17) is 16.3 Å². The van der Waals surface area contributed by atoms with Crippen LogP contribution in [0.4, 0.5) is 11.4 Å². The predicted molar refractivity (Wildman–Crippen MR) is 128 cm³/mol. The van der Waals surface area contributed by atoms with Gasteiger partial charge in [0.15, 0.2) is 6.10 Å². The summed E-state index contributed by atoms with van der Waals surface area (Å²) in [4.78, 5) is 26.7. The number of esters is 1. The third kappa shape index (κ3) is 5.35. The van der Waals surface area contributed by atoms with E-state index in [1.807, 2.05) is 6.07 Å². The number of halogens is 1. The zero-order valence-corrected chi connectivity index (χ0v) is 19.9. The maximum Gasteiger partial charge on any atom is 0.340 e. The fourth-order valence-corrected chi connectivity index (χ4v) is 4.50. The Morgan fingerprint density at radius 3 is 2.00 bits per heavy atom. The molecule has 1 atom stereocenters. The number of likely N-dealkylation sites (N-methyl/N-ethyl adjacent to an activating group) is 1. The summed E-state index contributed by atoms with van der Waals surface area (Å²) in [6, 6.07) is 21.2. The third-order valence-corrected chi connectivity index (χ3v) is 7.15. The first kappa shape index (κ1) is 24.3. The molecule has 0 radical (unpaired) electrons. The van der Waals surface area contributed by atoms with Crippen molar-refractivity contribution >= 4 is 44.9 Å². The van der Waals surface area contributed by atoms with Crippen LogP contribution in [0.1, 0.15) is 17.3 Å². The highest BCUT2D eigenvalue weighted by molar-refractivity contribution is 7.92. The van der Waals surface area contributed by atoms with Gasteiger partial charge in [-0.05, 0) is 49.4 Å². The van der Waals surface area contributed by atoms with Crippen molar-refractivity contribution in [3.05, 3.63) is 89.4 Å². The van der Waals surface area contributed by atoms with Gasteiger partial charge >= 0.3 is 5.97 Å². The van der Waals surface area contributed by atoms with Crippen molar-refractivity contribution in [2.75, 3.05) is 23.3 Å². The van der Waals surface area contributed by atoms with Crippen LogP contribution in [-0.4, -0.2) is 40.5 Å². The summed E-state index contributed by atoms with van der Waals surface area (Å²) >= 11 is 6.15. The lowest BCUT2D eigenvalue weighted by Gasteiger charge is -2.22. The van der Waals surface area contributed by atoms with Crippen LogP contribution < -0.4 is 9.21 Å². The van der Waals surface area contributed by atoms with E-state index in [0.717, 1.165) is 10.4 Å². The quantitative estimate of drug-likeness (QED) is 0.463. The largest absolute Gasteiger partial charge is 0.449 e. The lowest BCUT2D eigenvalue weighted by Crippen LogP contribution is -2.37. The van der Waals surface area contributed by atoms with Crippen molar-refractivity contribution < 1.29 is 22.7 Å². The van der Waals surface area contributed by atoms with Crippen LogP contribution >= 0.6 is 11.6 Å². The molecule has 0 aliphatic heterocycles. The van der Waals surface area contributed by atoms with E-state index in [0.29, 0.717) is 11.4 Å². The molecule has 0 N–H and O–H groups in total. The van der Waals surface area contributed by atoms with Crippen molar-refractivity contribution in [2.24, 2.45) is 0 Å². The molecule has 0 fully saturated rings. The lowest BCUT2D eigenvalue weighted by molar-refractivity contribution is -0.126. The van der Waals surface area contributed by atoms with E-state index in [9.17, 15) is 18.0 Å². The molecule has 0 unspecified atom stereocenters. The van der Waals surface area contributed by atoms with Crippen LogP contribution in [0.25, 0.3) is 0 Å². The van der Waals surface area contributed by atoms with Gasteiger partial charge in [-0.15, -0.1) is 0 Å². The number of anilines is 2. The minimum atomic E-state index is -3.97. The molecule has 0 saturated carbocycles. The Balaban J connectivity index is 1.81. The Labute approximate surface area is 198 Å². The molecule has 3 rings (SSSR count). The SMILES string of the molecule is C[C@H](OC(=O)c1cc(S(=O)(=O)N(C)c2ccccc2)ccc1Cl)C(=O)N(C)c1ccccc1. The van der Waals surface area contributed by atoms with E-state index < -0.39 is 28.0 Å². The second-order valence-electron chi connectivity index (χ2n) is 7.23. The number of nitrogens with zero attached hydrogens (tertiary/aromatic N) is 2. The molecule has 0 heterocycles. The summed E-state index contributed by atoms with van der Waals surface area (Å²) in [7, 11) is -0.982. The Hall–Kier alpha value is -3.36. The molecule has 0 bridgehead atoms. The normalized spacial score (nSPS) is 12.0. The average Bonchev–Trinajstić information content (AvgIpc) is 2.83. The van der Waals surface area contributed by atoms with Crippen LogP contribution in [0.2, 0.25) is 5.02 Å². The number of amides is 1. The molecule has 0 aliphatic carbocycles. The summed E-state index contributed by atoms with van der Waals surface area (Å²) < 4.78 is 32.5. The molecule has 33 heavy (non-hydrogen) atoms. The van der Waals surface area contributed by atoms with Crippen LogP contribution in [0.15, 0.2) is 83.8 Å². The van der Waals surface area contributed by atoms with Gasteiger partial charge in [-0.1, -0.05) is 48.0 Å². The summed E-state index contributed by atoms with van der Waals surface area (Å²) in [5.41, 5.74) is 0.946. The molecule has 1 amide bonds. The number of sulfonamides is 1. The predicted octanol–water partition coefficient (Wildman–Crippen LogP) is 4.37. The first-order valence-corrected chi connectivity index (χ1v) is 11.8. The number of hydrogen-bond acceptors (Lipinski definition) is 5. The van der Waals surface area contributed by atoms with E-state index in [2.05, 4.69) is 0 Å². The van der Waals surface area contributed by atoms with Crippen molar-refractivity contribution in [3.8, 4) is 0 Å². The number of hydrogen-bond donors (Lipinski definition) is 0. The van der Waals surface area contributed by atoms with Gasteiger partial charge in [0.2, 0.25) is 0 Å². The number of para-hydroxylation sites is 2. The summed E-state index contributed by atoms with van der Waals surface area (Å²) in [5, 5.41) is 0.0115. The Morgan fingerprint density at radius 1 is 0.879 bits per heavy atom. The average molecular weight is 487 g/mol.